The summed E-state index contributed by atoms with van der Waals surface area (Å²) in [7, 11) is 8.32. The van der Waals surface area contributed by atoms with E-state index in [0.29, 0.717) is 34.5 Å². The van der Waals surface area contributed by atoms with E-state index in [0.717, 1.165) is 67.2 Å². The molecule has 5 rings (SSSR count). The maximum atomic E-state index is 13.4. The van der Waals surface area contributed by atoms with Crippen LogP contribution in [0.1, 0.15) is 114 Å². The van der Waals surface area contributed by atoms with Crippen molar-refractivity contribution in [2.24, 2.45) is 45.5 Å². The van der Waals surface area contributed by atoms with Gasteiger partial charge in [0, 0.05) is 54.1 Å². The second-order valence-corrected chi connectivity index (χ2v) is 16.1. The van der Waals surface area contributed by atoms with Gasteiger partial charge in [0.05, 0.1) is 20.3 Å². The lowest BCUT2D eigenvalue weighted by Gasteiger charge is -2.52. The van der Waals surface area contributed by atoms with Gasteiger partial charge < -0.3 is 16.2 Å². The first-order valence-corrected chi connectivity index (χ1v) is 17.4. The van der Waals surface area contributed by atoms with E-state index >= 15 is 0 Å². The normalized spacial score (nSPS) is 28.9. The summed E-state index contributed by atoms with van der Waals surface area (Å²) in [4.78, 5) is 23.4. The van der Waals surface area contributed by atoms with Crippen molar-refractivity contribution in [2.75, 3.05) is 14.2 Å². The van der Waals surface area contributed by atoms with E-state index in [2.05, 4.69) is 67.6 Å². The van der Waals surface area contributed by atoms with Crippen LogP contribution < -0.4 is 16.2 Å². The first-order valence-electron chi connectivity index (χ1n) is 16.9. The quantitative estimate of drug-likeness (QED) is 0.118. The monoisotopic (exact) mass is 632 g/mol. The number of carbonyl (C=O) groups is 1. The molecule has 0 saturated heterocycles. The largest absolute Gasteiger partial charge is 0.481 e. The van der Waals surface area contributed by atoms with Gasteiger partial charge in [0.2, 0.25) is 5.88 Å². The number of Topliss-reactive ketones (excluding diaryl/α,β-unsaturated/α-hetero) is 1. The zero-order valence-electron chi connectivity index (χ0n) is 28.5. The Bertz CT molecular complexity index is 1420. The lowest BCUT2D eigenvalue weighted by atomic mass is 9.74. The van der Waals surface area contributed by atoms with Gasteiger partial charge in [-0.3, -0.25) is 9.28 Å². The summed E-state index contributed by atoms with van der Waals surface area (Å²) in [6, 6.07) is 12.7. The van der Waals surface area contributed by atoms with Crippen molar-refractivity contribution < 1.29 is 14.0 Å². The van der Waals surface area contributed by atoms with Crippen LogP contribution >= 0.6 is 8.86 Å². The average molecular weight is 633 g/mol. The van der Waals surface area contributed by atoms with Crippen molar-refractivity contribution >= 4 is 25.8 Å². The van der Waals surface area contributed by atoms with Gasteiger partial charge >= 0.3 is 0 Å². The van der Waals surface area contributed by atoms with Crippen LogP contribution in [0.5, 0.6) is 5.88 Å². The molecule has 2 aromatic rings. The Morgan fingerprint density at radius 3 is 2.38 bits per heavy atom. The lowest BCUT2D eigenvalue weighted by Crippen LogP contribution is -2.63. The van der Waals surface area contributed by atoms with Gasteiger partial charge in [-0.05, 0) is 70.2 Å². The van der Waals surface area contributed by atoms with Crippen LogP contribution in [0.2, 0.25) is 0 Å². The molecule has 0 radical (unpaired) electrons. The third-order valence-corrected chi connectivity index (χ3v) is 11.8. The number of nitrogens with zero attached hydrogens (tertiary/aromatic N) is 3. The van der Waals surface area contributed by atoms with Crippen LogP contribution in [0.3, 0.4) is 0 Å². The number of pyridine rings is 1. The highest BCUT2D eigenvalue weighted by atomic mass is 31.0. The number of quaternary nitrogens is 1. The molecule has 2 aliphatic carbocycles. The molecule has 45 heavy (non-hydrogen) atoms. The Morgan fingerprint density at radius 1 is 1.13 bits per heavy atom. The number of carbonyl (C=O) groups excluding carboxylic acids is 1. The first kappa shape index (κ1) is 33.9. The summed E-state index contributed by atoms with van der Waals surface area (Å²) in [5.41, 5.74) is 16.6. The van der Waals surface area contributed by atoms with Crippen molar-refractivity contribution in [1.29, 1.82) is 0 Å². The van der Waals surface area contributed by atoms with Crippen LogP contribution in [0, 0.1) is 29.1 Å². The zero-order chi connectivity index (χ0) is 32.7. The maximum Gasteiger partial charge on any atom is 0.213 e. The molecule has 8 heteroatoms. The molecule has 1 aromatic heterocycles. The molecule has 2 heterocycles. The van der Waals surface area contributed by atoms with Gasteiger partial charge in [0.1, 0.15) is 11.8 Å². The maximum absolute atomic E-state index is 13.4. The molecule has 1 aromatic carbocycles. The number of methoxy groups -OCH3 is 1. The Kier molecular flexibility index (Phi) is 9.79. The van der Waals surface area contributed by atoms with E-state index < -0.39 is 0 Å². The molecule has 1 spiro atoms. The molecule has 0 bridgehead atoms. The number of ether oxygens (including phenoxy) is 1. The van der Waals surface area contributed by atoms with Crippen LogP contribution in [-0.2, 0) is 0 Å². The van der Waals surface area contributed by atoms with Crippen LogP contribution in [0.4, 0.5) is 0 Å². The number of likely N-dealkylation sites (N-methyl/N-ethyl adjacent to an activating group) is 1. The molecular formula is C37H55N5O2P+. The van der Waals surface area contributed by atoms with Gasteiger partial charge in [-0.15, -0.1) is 0 Å². The molecule has 2 saturated carbocycles. The Morgan fingerprint density at radius 2 is 1.80 bits per heavy atom. The zero-order valence-corrected chi connectivity index (χ0v) is 29.5. The Labute approximate surface area is 273 Å². The first-order chi connectivity index (χ1) is 21.2. The summed E-state index contributed by atoms with van der Waals surface area (Å²) < 4.78 is 6.19. The van der Waals surface area contributed by atoms with E-state index in [1.807, 2.05) is 24.3 Å². The molecule has 1 aliphatic heterocycles. The van der Waals surface area contributed by atoms with Gasteiger partial charge in [-0.2, -0.15) is 0 Å². The van der Waals surface area contributed by atoms with Gasteiger partial charge in [0.15, 0.2) is 16.9 Å². The molecule has 4 unspecified atom stereocenters. The van der Waals surface area contributed by atoms with Gasteiger partial charge in [0.25, 0.3) is 0 Å². The van der Waals surface area contributed by atoms with E-state index in [1.54, 1.807) is 13.3 Å². The molecule has 7 nitrogen and oxygen atoms in total. The average Bonchev–Trinajstić information content (AvgIpc) is 3.73. The number of benzene rings is 1. The Hall–Kier alpha value is -2.44. The third-order valence-electron chi connectivity index (χ3n) is 11.1. The van der Waals surface area contributed by atoms with Crippen LogP contribution in [0.25, 0.3) is 0 Å². The minimum atomic E-state index is -0.360. The number of rotatable bonds is 11. The smallest absolute Gasteiger partial charge is 0.213 e. The standard InChI is InChI=1S/C37H55N5O2P/c1-23(2)24-12-17-37(18-13-24)41-33(27-15-19-40-32(22-27)44-7)35(45)42(37,6)30(14-16-36(3,4)5)25-8-10-26(11-9-25)34(43)29-20-28(29)21-31(38)39/h8-11,15,19,22-24,28-31,45H,12-14,16-18,20-21,38-39H2,1-7H3/q+1. The van der Waals surface area contributed by atoms with Crippen molar-refractivity contribution in [1.82, 2.24) is 4.98 Å². The predicted molar refractivity (Wildman–Crippen MR) is 187 cm³/mol. The number of hydrogen-bond acceptors (Lipinski definition) is 6. The number of nitrogens with two attached hydrogens (primary N) is 2. The second-order valence-electron chi connectivity index (χ2n) is 15.6. The molecule has 3 aliphatic rings. The predicted octanol–water partition coefficient (Wildman–Crippen LogP) is 7.17. The van der Waals surface area contributed by atoms with Gasteiger partial charge in [-0.25, -0.2) is 9.98 Å². The molecule has 2 fully saturated rings. The van der Waals surface area contributed by atoms with Crippen molar-refractivity contribution in [2.45, 2.75) is 104 Å². The third kappa shape index (κ3) is 6.83. The number of hydrogen-bond donors (Lipinski definition) is 2. The summed E-state index contributed by atoms with van der Waals surface area (Å²) in [5.74, 6) is 2.52. The number of aliphatic imine (C=N–C) groups is 1. The van der Waals surface area contributed by atoms with E-state index in [4.69, 9.17) is 21.2 Å². The molecule has 4 N–H and O–H groups in total. The Balaban J connectivity index is 1.54. The van der Waals surface area contributed by atoms with E-state index in [-0.39, 0.29) is 35.0 Å². The minimum absolute atomic E-state index is 0.0418. The lowest BCUT2D eigenvalue weighted by molar-refractivity contribution is -0.902. The van der Waals surface area contributed by atoms with Gasteiger partial charge in [-0.1, -0.05) is 58.9 Å². The number of aromatic nitrogens is 1. The number of ketones is 1. The van der Waals surface area contributed by atoms with E-state index in [1.165, 1.54) is 5.56 Å². The highest BCUT2D eigenvalue weighted by Crippen LogP contribution is 2.54. The summed E-state index contributed by atoms with van der Waals surface area (Å²) in [5, 5.41) is 0. The summed E-state index contributed by atoms with van der Waals surface area (Å²) >= 11 is 0. The summed E-state index contributed by atoms with van der Waals surface area (Å²) in [6.07, 6.45) is 9.48. The molecule has 0 amide bonds. The highest BCUT2D eigenvalue weighted by molar-refractivity contribution is 7.25. The van der Waals surface area contributed by atoms with Crippen molar-refractivity contribution in [3.05, 3.63) is 59.3 Å². The fraction of sp³-hybridized carbons (Fsp3) is 0.622. The van der Waals surface area contributed by atoms with Crippen molar-refractivity contribution in [3.8, 4) is 5.88 Å². The fourth-order valence-electron chi connectivity index (χ4n) is 8.01. The topological polar surface area (TPSA) is 104 Å². The molecular weight excluding hydrogens is 577 g/mol. The van der Waals surface area contributed by atoms with Crippen LogP contribution in [0.15, 0.2) is 47.6 Å². The second kappa shape index (κ2) is 13.0. The molecule has 244 valence electrons. The summed E-state index contributed by atoms with van der Waals surface area (Å²) in [6.45, 7) is 11.7. The van der Waals surface area contributed by atoms with E-state index in [9.17, 15) is 4.79 Å². The fourth-order valence-corrected chi connectivity index (χ4v) is 8.57. The highest BCUT2D eigenvalue weighted by Gasteiger charge is 2.61. The minimum Gasteiger partial charge on any atom is -0.481 e. The van der Waals surface area contributed by atoms with Crippen LogP contribution in [-0.4, -0.2) is 52.4 Å². The molecule has 4 atom stereocenters. The van der Waals surface area contributed by atoms with Crippen molar-refractivity contribution in [3.63, 3.8) is 0 Å². The SMILES string of the molecule is COc1cc(C2=NC3(CCC(C(C)C)CC3)[N+](C)(C(CCC(C)(C)C)c3ccc(C(=O)C4CC4CC(N)N)cc3)C2=P)ccn1.